The maximum atomic E-state index is 10.8. The van der Waals surface area contributed by atoms with Crippen molar-refractivity contribution in [2.75, 3.05) is 0 Å². The van der Waals surface area contributed by atoms with Crippen molar-refractivity contribution < 1.29 is 9.53 Å². The fourth-order valence-corrected chi connectivity index (χ4v) is 3.53. The number of aldehydes is 1. The Morgan fingerprint density at radius 1 is 1.00 bits per heavy atom. The summed E-state index contributed by atoms with van der Waals surface area (Å²) in [4.78, 5) is 20.2. The third kappa shape index (κ3) is 3.12. The summed E-state index contributed by atoms with van der Waals surface area (Å²) in [5, 5.41) is 3.57. The molecule has 0 unspecified atom stereocenters. The first-order valence-electron chi connectivity index (χ1n) is 7.46. The van der Waals surface area contributed by atoms with Crippen LogP contribution in [0.4, 0.5) is 0 Å². The third-order valence-electron chi connectivity index (χ3n) is 3.72. The Balaban J connectivity index is 1.79. The molecule has 4 rings (SSSR count). The van der Waals surface area contributed by atoms with Crippen molar-refractivity contribution in [2.24, 2.45) is 0 Å². The molecule has 2 aromatic carbocycles. The van der Waals surface area contributed by atoms with Crippen LogP contribution in [0.1, 0.15) is 10.4 Å². The number of thiophene rings is 1. The summed E-state index contributed by atoms with van der Waals surface area (Å²) in [6, 6.07) is 14.5. The number of rotatable bonds is 4. The van der Waals surface area contributed by atoms with E-state index in [2.05, 4.69) is 9.97 Å². The zero-order valence-electron chi connectivity index (χ0n) is 12.8. The summed E-state index contributed by atoms with van der Waals surface area (Å²) in [5.41, 5.74) is 2.61. The van der Waals surface area contributed by atoms with E-state index < -0.39 is 0 Å². The maximum absolute atomic E-state index is 10.8. The van der Waals surface area contributed by atoms with Gasteiger partial charge in [-0.15, -0.1) is 11.3 Å². The lowest BCUT2D eigenvalue weighted by Crippen LogP contribution is -1.91. The highest BCUT2D eigenvalue weighted by Gasteiger charge is 2.15. The molecule has 0 N–H and O–H groups in total. The van der Waals surface area contributed by atoms with Crippen LogP contribution in [0, 0.1) is 0 Å². The molecule has 122 valence electrons. The molecule has 25 heavy (non-hydrogen) atoms. The van der Waals surface area contributed by atoms with Crippen molar-refractivity contribution in [2.45, 2.75) is 0 Å². The fourth-order valence-electron chi connectivity index (χ4n) is 2.49. The molecule has 2 aromatic heterocycles. The van der Waals surface area contributed by atoms with E-state index in [1.54, 1.807) is 24.3 Å². The maximum Gasteiger partial charge on any atom is 0.231 e. The molecule has 2 heterocycles. The van der Waals surface area contributed by atoms with Crippen LogP contribution >= 0.6 is 22.9 Å². The van der Waals surface area contributed by atoms with Crippen molar-refractivity contribution in [3.63, 3.8) is 0 Å². The zero-order valence-corrected chi connectivity index (χ0v) is 14.4. The Morgan fingerprint density at radius 2 is 1.76 bits per heavy atom. The van der Waals surface area contributed by atoms with Crippen LogP contribution in [0.3, 0.4) is 0 Å². The Morgan fingerprint density at radius 3 is 2.48 bits per heavy atom. The second-order valence-corrected chi connectivity index (χ2v) is 6.60. The summed E-state index contributed by atoms with van der Waals surface area (Å²) in [7, 11) is 0. The lowest BCUT2D eigenvalue weighted by atomic mass is 10.1. The molecule has 6 heteroatoms. The molecule has 0 spiro atoms. The van der Waals surface area contributed by atoms with Gasteiger partial charge in [0.2, 0.25) is 5.88 Å². The number of hydrogen-bond donors (Lipinski definition) is 0. The number of halogens is 1. The van der Waals surface area contributed by atoms with E-state index in [1.165, 1.54) is 17.7 Å². The molecule has 0 aliphatic rings. The normalized spacial score (nSPS) is 10.8. The molecule has 0 aliphatic carbocycles. The summed E-state index contributed by atoms with van der Waals surface area (Å²) in [6.45, 7) is 0. The minimum atomic E-state index is 0.482. The van der Waals surface area contributed by atoms with Gasteiger partial charge in [-0.2, -0.15) is 0 Å². The second kappa shape index (κ2) is 6.63. The highest BCUT2D eigenvalue weighted by Crippen LogP contribution is 2.39. The number of aromatic nitrogens is 2. The molecule has 4 aromatic rings. The molecule has 0 radical (unpaired) electrons. The van der Waals surface area contributed by atoms with Gasteiger partial charge < -0.3 is 4.74 Å². The van der Waals surface area contributed by atoms with Crippen LogP contribution in [-0.2, 0) is 0 Å². The monoisotopic (exact) mass is 366 g/mol. The fraction of sp³-hybridized carbons (Fsp3) is 0. The van der Waals surface area contributed by atoms with Gasteiger partial charge in [0.05, 0.1) is 5.39 Å². The van der Waals surface area contributed by atoms with Crippen LogP contribution < -0.4 is 4.74 Å². The topological polar surface area (TPSA) is 52.1 Å². The van der Waals surface area contributed by atoms with Crippen molar-refractivity contribution in [1.82, 2.24) is 9.97 Å². The van der Waals surface area contributed by atoms with Gasteiger partial charge in [-0.25, -0.2) is 9.97 Å². The standard InChI is InChI=1S/C19H11ClN2O2S/c20-14-5-3-13(4-6-14)16-10-25-19-17(16)18(21-11-22-19)24-15-7-1-12(9-23)2-8-15/h1-11H. The molecule has 0 fully saturated rings. The molecule has 4 nitrogen and oxygen atoms in total. The number of hydrogen-bond acceptors (Lipinski definition) is 5. The number of carbonyl (C=O) groups excluding carboxylic acids is 1. The van der Waals surface area contributed by atoms with Gasteiger partial charge >= 0.3 is 0 Å². The predicted octanol–water partition coefficient (Wildman–Crippen LogP) is 5.62. The molecule has 0 aliphatic heterocycles. The number of fused-ring (bicyclic) bond motifs is 1. The van der Waals surface area contributed by atoms with E-state index in [0.29, 0.717) is 22.2 Å². The largest absolute Gasteiger partial charge is 0.438 e. The SMILES string of the molecule is O=Cc1ccc(Oc2ncnc3scc(-c4ccc(Cl)cc4)c23)cc1. The quantitative estimate of drug-likeness (QED) is 0.440. The van der Waals surface area contributed by atoms with Gasteiger partial charge in [0, 0.05) is 21.5 Å². The Bertz CT molecular complexity index is 1040. The Kier molecular flexibility index (Phi) is 4.17. The minimum Gasteiger partial charge on any atom is -0.438 e. The summed E-state index contributed by atoms with van der Waals surface area (Å²) >= 11 is 7.52. The van der Waals surface area contributed by atoms with E-state index in [9.17, 15) is 4.79 Å². The molecule has 0 saturated heterocycles. The van der Waals surface area contributed by atoms with Crippen molar-refractivity contribution >= 4 is 39.4 Å². The Hall–Kier alpha value is -2.76. The molecular weight excluding hydrogens is 356 g/mol. The molecule has 0 atom stereocenters. The number of benzene rings is 2. The third-order valence-corrected chi connectivity index (χ3v) is 4.86. The Labute approximate surface area is 152 Å². The molecule has 0 amide bonds. The molecular formula is C19H11ClN2O2S. The first-order chi connectivity index (χ1) is 12.2. The highest BCUT2D eigenvalue weighted by molar-refractivity contribution is 7.17. The van der Waals surface area contributed by atoms with E-state index in [0.717, 1.165) is 27.6 Å². The van der Waals surface area contributed by atoms with Gasteiger partial charge in [-0.3, -0.25) is 4.79 Å². The van der Waals surface area contributed by atoms with Gasteiger partial charge in [0.1, 0.15) is 23.2 Å². The highest BCUT2D eigenvalue weighted by atomic mass is 35.5. The predicted molar refractivity (Wildman–Crippen MR) is 99.8 cm³/mol. The number of carbonyl (C=O) groups is 1. The van der Waals surface area contributed by atoms with Crippen LogP contribution in [0.2, 0.25) is 5.02 Å². The molecule has 0 bridgehead atoms. The summed E-state index contributed by atoms with van der Waals surface area (Å²) in [5.74, 6) is 1.09. The van der Waals surface area contributed by atoms with Gasteiger partial charge in [0.15, 0.2) is 0 Å². The van der Waals surface area contributed by atoms with E-state index in [4.69, 9.17) is 16.3 Å². The van der Waals surface area contributed by atoms with Crippen molar-refractivity contribution in [1.29, 1.82) is 0 Å². The average Bonchev–Trinajstić information content (AvgIpc) is 3.08. The van der Waals surface area contributed by atoms with Crippen LogP contribution in [0.5, 0.6) is 11.6 Å². The van der Waals surface area contributed by atoms with Crippen LogP contribution in [0.15, 0.2) is 60.2 Å². The number of ether oxygens (including phenoxy) is 1. The van der Waals surface area contributed by atoms with E-state index in [1.807, 2.05) is 29.6 Å². The lowest BCUT2D eigenvalue weighted by molar-refractivity contribution is 0.112. The average molecular weight is 367 g/mol. The second-order valence-electron chi connectivity index (χ2n) is 5.30. The summed E-state index contributed by atoms with van der Waals surface area (Å²) in [6.07, 6.45) is 2.28. The summed E-state index contributed by atoms with van der Waals surface area (Å²) < 4.78 is 5.95. The van der Waals surface area contributed by atoms with Crippen LogP contribution in [-0.4, -0.2) is 16.3 Å². The minimum absolute atomic E-state index is 0.482. The van der Waals surface area contributed by atoms with E-state index >= 15 is 0 Å². The first-order valence-corrected chi connectivity index (χ1v) is 8.71. The van der Waals surface area contributed by atoms with Gasteiger partial charge in [-0.1, -0.05) is 23.7 Å². The van der Waals surface area contributed by atoms with E-state index in [-0.39, 0.29) is 0 Å². The molecule has 0 saturated carbocycles. The van der Waals surface area contributed by atoms with Crippen molar-refractivity contribution in [3.8, 4) is 22.8 Å². The number of nitrogens with zero attached hydrogens (tertiary/aromatic N) is 2. The zero-order chi connectivity index (χ0) is 17.2. The first kappa shape index (κ1) is 15.7. The van der Waals surface area contributed by atoms with Crippen LogP contribution in [0.25, 0.3) is 21.3 Å². The lowest BCUT2D eigenvalue weighted by Gasteiger charge is -2.07. The smallest absolute Gasteiger partial charge is 0.231 e. The van der Waals surface area contributed by atoms with Gasteiger partial charge in [-0.05, 0) is 42.0 Å². The van der Waals surface area contributed by atoms with Gasteiger partial charge in [0.25, 0.3) is 0 Å². The van der Waals surface area contributed by atoms with Crippen molar-refractivity contribution in [3.05, 3.63) is 70.8 Å².